The van der Waals surface area contributed by atoms with Gasteiger partial charge < -0.3 is 29.5 Å². The van der Waals surface area contributed by atoms with E-state index in [1.165, 1.54) is 19.1 Å². The molecule has 2 atom stereocenters. The van der Waals surface area contributed by atoms with Crippen molar-refractivity contribution in [3.63, 3.8) is 0 Å². The molecule has 218 valence electrons. The molecule has 5 rings (SSSR count). The molecule has 0 bridgehead atoms. The summed E-state index contributed by atoms with van der Waals surface area (Å²) < 4.78 is 16.5. The zero-order valence-corrected chi connectivity index (χ0v) is 23.6. The van der Waals surface area contributed by atoms with Gasteiger partial charge in [0.15, 0.2) is 0 Å². The summed E-state index contributed by atoms with van der Waals surface area (Å²) in [6.07, 6.45) is 3.80. The lowest BCUT2D eigenvalue weighted by Crippen LogP contribution is -2.53. The fraction of sp³-hybridized carbons (Fsp3) is 0.303. The lowest BCUT2D eigenvalue weighted by atomic mass is 9.98. The van der Waals surface area contributed by atoms with E-state index in [1.54, 1.807) is 24.3 Å². The summed E-state index contributed by atoms with van der Waals surface area (Å²) >= 11 is 0. The number of fused-ring (bicyclic) bond motifs is 3. The standard InChI is InChI=1S/C33H34N2O7/c1-40-22-17-16-21(30(18-22)41-2)19-35-29(32(37)38)15-5-3-4-14-28(31(35)36)34-33(39)42-20-27-25-12-8-6-10-23(25)24-11-7-9-13-26(24)27/h3-4,6-13,16-18,27-29H,5,14-15,19-20H2,1-2H3,(H,34,39)(H,37,38)/b4-3+/t28-,29-/m0/s1. The first kappa shape index (κ1) is 28.7. The molecule has 0 unspecified atom stereocenters. The van der Waals surface area contributed by atoms with E-state index in [2.05, 4.69) is 17.4 Å². The molecule has 1 aliphatic heterocycles. The summed E-state index contributed by atoms with van der Waals surface area (Å²) in [5, 5.41) is 12.8. The maximum Gasteiger partial charge on any atom is 0.407 e. The summed E-state index contributed by atoms with van der Waals surface area (Å²) in [7, 11) is 3.03. The van der Waals surface area contributed by atoms with E-state index in [0.29, 0.717) is 23.5 Å². The Morgan fingerprint density at radius 1 is 0.952 bits per heavy atom. The molecule has 9 heteroatoms. The molecule has 9 nitrogen and oxygen atoms in total. The molecule has 1 aliphatic carbocycles. The Balaban J connectivity index is 1.34. The van der Waals surface area contributed by atoms with Crippen LogP contribution >= 0.6 is 0 Å². The van der Waals surface area contributed by atoms with Crippen LogP contribution in [-0.4, -0.2) is 60.9 Å². The van der Waals surface area contributed by atoms with Gasteiger partial charge in [0.1, 0.15) is 30.2 Å². The molecule has 3 aromatic rings. The number of hydrogen-bond acceptors (Lipinski definition) is 6. The third-order valence-corrected chi connectivity index (χ3v) is 7.86. The molecule has 0 saturated carbocycles. The van der Waals surface area contributed by atoms with Crippen LogP contribution in [0.25, 0.3) is 11.1 Å². The molecule has 0 spiro atoms. The molecule has 42 heavy (non-hydrogen) atoms. The first-order chi connectivity index (χ1) is 20.4. The average Bonchev–Trinajstić information content (AvgIpc) is 3.35. The monoisotopic (exact) mass is 570 g/mol. The highest BCUT2D eigenvalue weighted by Gasteiger charge is 2.36. The number of carboxylic acids is 1. The van der Waals surface area contributed by atoms with Gasteiger partial charge in [-0.15, -0.1) is 0 Å². The van der Waals surface area contributed by atoms with E-state index < -0.39 is 30.1 Å². The fourth-order valence-electron chi connectivity index (χ4n) is 5.73. The van der Waals surface area contributed by atoms with Gasteiger partial charge in [0.2, 0.25) is 5.91 Å². The average molecular weight is 571 g/mol. The molecule has 3 aromatic carbocycles. The number of aliphatic carboxylic acids is 1. The zero-order valence-electron chi connectivity index (χ0n) is 23.6. The van der Waals surface area contributed by atoms with Crippen LogP contribution in [0.5, 0.6) is 11.5 Å². The van der Waals surface area contributed by atoms with Crippen LogP contribution in [0.4, 0.5) is 4.79 Å². The smallest absolute Gasteiger partial charge is 0.407 e. The minimum Gasteiger partial charge on any atom is -0.497 e. The van der Waals surface area contributed by atoms with Gasteiger partial charge in [-0.2, -0.15) is 0 Å². The number of nitrogens with zero attached hydrogens (tertiary/aromatic N) is 1. The van der Waals surface area contributed by atoms with Crippen LogP contribution in [0.1, 0.15) is 41.9 Å². The summed E-state index contributed by atoms with van der Waals surface area (Å²) in [6.45, 7) is 0.0763. The van der Waals surface area contributed by atoms with E-state index in [9.17, 15) is 19.5 Å². The highest BCUT2D eigenvalue weighted by molar-refractivity contribution is 5.89. The van der Waals surface area contributed by atoms with E-state index >= 15 is 0 Å². The third kappa shape index (κ3) is 5.95. The van der Waals surface area contributed by atoms with Crippen molar-refractivity contribution in [3.8, 4) is 22.6 Å². The Hall–Kier alpha value is -4.79. The summed E-state index contributed by atoms with van der Waals surface area (Å²) in [4.78, 5) is 40.6. The van der Waals surface area contributed by atoms with Crippen molar-refractivity contribution in [2.45, 2.75) is 43.8 Å². The van der Waals surface area contributed by atoms with Crippen molar-refractivity contribution in [1.82, 2.24) is 10.2 Å². The van der Waals surface area contributed by atoms with Gasteiger partial charge >= 0.3 is 12.1 Å². The number of carbonyl (C=O) groups is 3. The number of hydrogen-bond donors (Lipinski definition) is 2. The number of ether oxygens (including phenoxy) is 3. The molecule has 0 fully saturated rings. The third-order valence-electron chi connectivity index (χ3n) is 7.86. The normalized spacial score (nSPS) is 19.0. The van der Waals surface area contributed by atoms with Crippen LogP contribution in [0.3, 0.4) is 0 Å². The number of benzene rings is 3. The predicted molar refractivity (Wildman–Crippen MR) is 157 cm³/mol. The lowest BCUT2D eigenvalue weighted by Gasteiger charge is -2.32. The van der Waals surface area contributed by atoms with Crippen molar-refractivity contribution < 1.29 is 33.7 Å². The minimum atomic E-state index is -1.12. The highest BCUT2D eigenvalue weighted by atomic mass is 16.5. The summed E-state index contributed by atoms with van der Waals surface area (Å²) in [5.41, 5.74) is 5.00. The topological polar surface area (TPSA) is 114 Å². The first-order valence-electron chi connectivity index (χ1n) is 13.9. The highest BCUT2D eigenvalue weighted by Crippen LogP contribution is 2.44. The van der Waals surface area contributed by atoms with Gasteiger partial charge in [-0.05, 0) is 53.6 Å². The molecule has 2 amide bonds. The Labute approximate surface area is 244 Å². The number of rotatable bonds is 8. The summed E-state index contributed by atoms with van der Waals surface area (Å²) in [5.74, 6) is -0.730. The molecule has 2 N–H and O–H groups in total. The molecular formula is C33H34N2O7. The molecule has 0 aromatic heterocycles. The fourth-order valence-corrected chi connectivity index (χ4v) is 5.73. The SMILES string of the molecule is COc1ccc(CN2C(=O)[C@@H](NC(=O)OCC3c4ccccc4-c4ccccc43)C/C=C/CC[C@H]2C(=O)O)c(OC)c1. The number of alkyl carbamates (subject to hydrolysis) is 1. The number of carboxylic acid groups (broad SMARTS) is 1. The van der Waals surface area contributed by atoms with E-state index in [1.807, 2.05) is 42.5 Å². The lowest BCUT2D eigenvalue weighted by molar-refractivity contribution is -0.152. The van der Waals surface area contributed by atoms with Crippen LogP contribution in [0.15, 0.2) is 78.9 Å². The van der Waals surface area contributed by atoms with E-state index in [-0.39, 0.29) is 31.9 Å². The second kappa shape index (κ2) is 12.8. The van der Waals surface area contributed by atoms with Crippen molar-refractivity contribution in [3.05, 3.63) is 95.6 Å². The zero-order chi connectivity index (χ0) is 29.6. The van der Waals surface area contributed by atoms with Gasteiger partial charge in [0.05, 0.1) is 20.8 Å². The second-order valence-electron chi connectivity index (χ2n) is 10.3. The largest absolute Gasteiger partial charge is 0.497 e. The summed E-state index contributed by atoms with van der Waals surface area (Å²) in [6, 6.07) is 19.1. The minimum absolute atomic E-state index is 0.0220. The molecule has 2 aliphatic rings. The number of carbonyl (C=O) groups excluding carboxylic acids is 2. The second-order valence-corrected chi connectivity index (χ2v) is 10.3. The Morgan fingerprint density at radius 2 is 1.64 bits per heavy atom. The quantitative estimate of drug-likeness (QED) is 0.361. The van der Waals surface area contributed by atoms with Crippen molar-refractivity contribution >= 4 is 18.0 Å². The number of allylic oxidation sites excluding steroid dienone is 1. The predicted octanol–water partition coefficient (Wildman–Crippen LogP) is 5.13. The maximum absolute atomic E-state index is 13.9. The number of nitrogens with one attached hydrogen (secondary N) is 1. The van der Waals surface area contributed by atoms with Crippen LogP contribution in [0, 0.1) is 0 Å². The van der Waals surface area contributed by atoms with Gasteiger partial charge in [-0.3, -0.25) is 4.79 Å². The number of amides is 2. The van der Waals surface area contributed by atoms with Crippen molar-refractivity contribution in [2.75, 3.05) is 20.8 Å². The first-order valence-corrected chi connectivity index (χ1v) is 13.9. The Bertz CT molecular complexity index is 1460. The van der Waals surface area contributed by atoms with Crippen molar-refractivity contribution in [2.24, 2.45) is 0 Å². The molecule has 0 radical (unpaired) electrons. The molecule has 1 heterocycles. The van der Waals surface area contributed by atoms with Crippen LogP contribution in [0.2, 0.25) is 0 Å². The molecule has 0 saturated heterocycles. The van der Waals surface area contributed by atoms with Crippen LogP contribution in [-0.2, 0) is 20.9 Å². The Kier molecular flexibility index (Phi) is 8.76. The van der Waals surface area contributed by atoms with Gasteiger partial charge in [0.25, 0.3) is 0 Å². The maximum atomic E-state index is 13.9. The van der Waals surface area contributed by atoms with Crippen molar-refractivity contribution in [1.29, 1.82) is 0 Å². The van der Waals surface area contributed by atoms with E-state index in [0.717, 1.165) is 22.3 Å². The van der Waals surface area contributed by atoms with Crippen LogP contribution < -0.4 is 14.8 Å². The van der Waals surface area contributed by atoms with Gasteiger partial charge in [-0.25, -0.2) is 9.59 Å². The van der Waals surface area contributed by atoms with E-state index in [4.69, 9.17) is 14.2 Å². The number of methoxy groups -OCH3 is 2. The van der Waals surface area contributed by atoms with Gasteiger partial charge in [-0.1, -0.05) is 60.7 Å². The van der Waals surface area contributed by atoms with Gasteiger partial charge in [0, 0.05) is 17.5 Å². The Morgan fingerprint density at radius 3 is 2.29 bits per heavy atom. The molecular weight excluding hydrogens is 536 g/mol.